The monoisotopic (exact) mass is 275 g/mol. The Morgan fingerprint density at radius 3 is 2.58 bits per heavy atom. The normalized spacial score (nSPS) is 12.2. The molecule has 0 radical (unpaired) electrons. The van der Waals surface area contributed by atoms with E-state index in [0.717, 1.165) is 28.3 Å². The predicted molar refractivity (Wildman–Crippen MR) is 79.4 cm³/mol. The Labute approximate surface area is 119 Å². The fraction of sp³-hybridized carbons (Fsp3) is 0.250. The maximum atomic E-state index is 6.02. The average Bonchev–Trinajstić information content (AvgIpc) is 2.46. The van der Waals surface area contributed by atoms with Gasteiger partial charge in [-0.3, -0.25) is 0 Å². The lowest BCUT2D eigenvalue weighted by molar-refractivity contribution is 0.305. The van der Waals surface area contributed by atoms with Crippen LogP contribution in [0.15, 0.2) is 48.5 Å². The Bertz CT molecular complexity index is 525. The molecule has 0 aliphatic carbocycles. The maximum Gasteiger partial charge on any atom is 0.120 e. The summed E-state index contributed by atoms with van der Waals surface area (Å²) in [6, 6.07) is 15.7. The number of hydrogen-bond acceptors (Lipinski definition) is 2. The summed E-state index contributed by atoms with van der Waals surface area (Å²) in [6.07, 6.45) is 0.917. The summed E-state index contributed by atoms with van der Waals surface area (Å²) in [5, 5.41) is 0.736. The third-order valence-electron chi connectivity index (χ3n) is 3.04. The zero-order valence-corrected chi connectivity index (χ0v) is 11.7. The molecule has 0 amide bonds. The highest BCUT2D eigenvalue weighted by Gasteiger charge is 2.04. The maximum absolute atomic E-state index is 6.02. The van der Waals surface area contributed by atoms with Crippen molar-refractivity contribution < 1.29 is 4.74 Å². The molecule has 2 nitrogen and oxygen atoms in total. The minimum Gasteiger partial charge on any atom is -0.489 e. The Morgan fingerprint density at radius 2 is 1.89 bits per heavy atom. The van der Waals surface area contributed by atoms with Gasteiger partial charge in [0.15, 0.2) is 0 Å². The van der Waals surface area contributed by atoms with Crippen LogP contribution in [0.5, 0.6) is 5.75 Å². The van der Waals surface area contributed by atoms with E-state index in [2.05, 4.69) is 6.92 Å². The van der Waals surface area contributed by atoms with Gasteiger partial charge in [0.2, 0.25) is 0 Å². The first-order chi connectivity index (χ1) is 9.19. The molecule has 0 spiro atoms. The van der Waals surface area contributed by atoms with Crippen molar-refractivity contribution in [1.82, 2.24) is 0 Å². The largest absolute Gasteiger partial charge is 0.489 e. The zero-order chi connectivity index (χ0) is 13.7. The molecule has 19 heavy (non-hydrogen) atoms. The Kier molecular flexibility index (Phi) is 4.83. The summed E-state index contributed by atoms with van der Waals surface area (Å²) in [5.74, 6) is 0.844. The molecular weight excluding hydrogens is 258 g/mol. The van der Waals surface area contributed by atoms with Crippen LogP contribution in [0.25, 0.3) is 0 Å². The third kappa shape index (κ3) is 3.98. The van der Waals surface area contributed by atoms with Crippen LogP contribution in [0.4, 0.5) is 0 Å². The summed E-state index contributed by atoms with van der Waals surface area (Å²) in [4.78, 5) is 0. The number of halogens is 1. The smallest absolute Gasteiger partial charge is 0.120 e. The van der Waals surface area contributed by atoms with Crippen molar-refractivity contribution in [2.24, 2.45) is 5.73 Å². The van der Waals surface area contributed by atoms with Gasteiger partial charge in [0.05, 0.1) is 0 Å². The van der Waals surface area contributed by atoms with Gasteiger partial charge in [0, 0.05) is 11.1 Å². The van der Waals surface area contributed by atoms with Gasteiger partial charge in [-0.2, -0.15) is 0 Å². The zero-order valence-electron chi connectivity index (χ0n) is 11.0. The predicted octanol–water partition coefficient (Wildman–Crippen LogP) is 4.33. The average molecular weight is 276 g/mol. The van der Waals surface area contributed by atoms with Gasteiger partial charge in [-0.1, -0.05) is 42.8 Å². The topological polar surface area (TPSA) is 35.2 Å². The molecule has 2 aromatic rings. The van der Waals surface area contributed by atoms with Gasteiger partial charge in [-0.25, -0.2) is 0 Å². The fourth-order valence-corrected chi connectivity index (χ4v) is 1.94. The van der Waals surface area contributed by atoms with Gasteiger partial charge < -0.3 is 10.5 Å². The Morgan fingerprint density at radius 1 is 1.16 bits per heavy atom. The highest BCUT2D eigenvalue weighted by molar-refractivity contribution is 6.30. The van der Waals surface area contributed by atoms with Crippen molar-refractivity contribution in [1.29, 1.82) is 0 Å². The lowest BCUT2D eigenvalue weighted by Crippen LogP contribution is -2.08. The quantitative estimate of drug-likeness (QED) is 0.881. The number of nitrogens with two attached hydrogens (primary N) is 1. The van der Waals surface area contributed by atoms with Crippen molar-refractivity contribution in [3.63, 3.8) is 0 Å². The SMILES string of the molecule is CCC(N)c1cccc(OCc2ccc(Cl)cc2)c1. The van der Waals surface area contributed by atoms with Crippen LogP contribution in [0.3, 0.4) is 0 Å². The van der Waals surface area contributed by atoms with E-state index >= 15 is 0 Å². The molecule has 0 aromatic heterocycles. The van der Waals surface area contributed by atoms with Crippen molar-refractivity contribution >= 4 is 11.6 Å². The van der Waals surface area contributed by atoms with Gasteiger partial charge in [0.1, 0.15) is 12.4 Å². The second kappa shape index (κ2) is 6.60. The van der Waals surface area contributed by atoms with Crippen LogP contribution in [0.2, 0.25) is 5.02 Å². The van der Waals surface area contributed by atoms with E-state index in [1.54, 1.807) is 0 Å². The second-order valence-corrected chi connectivity index (χ2v) is 4.94. The highest BCUT2D eigenvalue weighted by atomic mass is 35.5. The number of rotatable bonds is 5. The van der Waals surface area contributed by atoms with E-state index < -0.39 is 0 Å². The summed E-state index contributed by atoms with van der Waals surface area (Å²) in [5.41, 5.74) is 8.22. The minimum atomic E-state index is 0.0686. The van der Waals surface area contributed by atoms with E-state index in [1.807, 2.05) is 48.5 Å². The molecule has 0 aliphatic heterocycles. The van der Waals surface area contributed by atoms with Crippen molar-refractivity contribution in [3.05, 3.63) is 64.7 Å². The van der Waals surface area contributed by atoms with Crippen LogP contribution >= 0.6 is 11.6 Å². The van der Waals surface area contributed by atoms with Crippen LogP contribution in [-0.2, 0) is 6.61 Å². The molecule has 0 heterocycles. The molecule has 0 saturated carbocycles. The first-order valence-electron chi connectivity index (χ1n) is 6.42. The number of hydrogen-bond donors (Lipinski definition) is 1. The molecule has 0 saturated heterocycles. The number of benzene rings is 2. The Balaban J connectivity index is 2.01. The van der Waals surface area contributed by atoms with Gasteiger partial charge >= 0.3 is 0 Å². The summed E-state index contributed by atoms with van der Waals surface area (Å²) < 4.78 is 5.77. The van der Waals surface area contributed by atoms with Gasteiger partial charge in [0.25, 0.3) is 0 Å². The van der Waals surface area contributed by atoms with Gasteiger partial charge in [-0.15, -0.1) is 0 Å². The molecule has 0 aliphatic rings. The molecule has 2 N–H and O–H groups in total. The molecule has 1 unspecified atom stereocenters. The summed E-state index contributed by atoms with van der Waals surface area (Å²) >= 11 is 5.85. The van der Waals surface area contributed by atoms with Crippen LogP contribution < -0.4 is 10.5 Å². The molecule has 100 valence electrons. The summed E-state index contributed by atoms with van der Waals surface area (Å²) in [6.45, 7) is 2.61. The molecule has 0 bridgehead atoms. The molecular formula is C16H18ClNO. The van der Waals surface area contributed by atoms with E-state index in [0.29, 0.717) is 6.61 Å². The number of ether oxygens (including phenoxy) is 1. The van der Waals surface area contributed by atoms with E-state index in [4.69, 9.17) is 22.1 Å². The lowest BCUT2D eigenvalue weighted by Gasteiger charge is -2.12. The fourth-order valence-electron chi connectivity index (χ4n) is 1.82. The van der Waals surface area contributed by atoms with Crippen LogP contribution in [0, 0.1) is 0 Å². The first-order valence-corrected chi connectivity index (χ1v) is 6.79. The standard InChI is InChI=1S/C16H18ClNO/c1-2-16(18)13-4-3-5-15(10-13)19-11-12-6-8-14(17)9-7-12/h3-10,16H,2,11,18H2,1H3. The van der Waals surface area contributed by atoms with E-state index in [1.165, 1.54) is 0 Å². The van der Waals surface area contributed by atoms with Crippen molar-refractivity contribution in [3.8, 4) is 5.75 Å². The molecule has 2 rings (SSSR count). The summed E-state index contributed by atoms with van der Waals surface area (Å²) in [7, 11) is 0. The minimum absolute atomic E-state index is 0.0686. The van der Waals surface area contributed by atoms with E-state index in [9.17, 15) is 0 Å². The van der Waals surface area contributed by atoms with Gasteiger partial charge in [-0.05, 0) is 41.8 Å². The lowest BCUT2D eigenvalue weighted by atomic mass is 10.1. The Hall–Kier alpha value is -1.51. The molecule has 3 heteroatoms. The van der Waals surface area contributed by atoms with Crippen LogP contribution in [-0.4, -0.2) is 0 Å². The van der Waals surface area contributed by atoms with Crippen molar-refractivity contribution in [2.45, 2.75) is 26.0 Å². The van der Waals surface area contributed by atoms with E-state index in [-0.39, 0.29) is 6.04 Å². The molecule has 0 fully saturated rings. The van der Waals surface area contributed by atoms with Crippen molar-refractivity contribution in [2.75, 3.05) is 0 Å². The third-order valence-corrected chi connectivity index (χ3v) is 3.30. The highest BCUT2D eigenvalue weighted by Crippen LogP contribution is 2.21. The molecule has 2 aromatic carbocycles. The molecule has 1 atom stereocenters. The second-order valence-electron chi connectivity index (χ2n) is 4.50. The van der Waals surface area contributed by atoms with Crippen LogP contribution in [0.1, 0.15) is 30.5 Å². The first kappa shape index (κ1) is 13.9.